The summed E-state index contributed by atoms with van der Waals surface area (Å²) in [4.78, 5) is 10.7. The zero-order valence-electron chi connectivity index (χ0n) is 14.8. The molecule has 0 aliphatic heterocycles. The van der Waals surface area contributed by atoms with Gasteiger partial charge in [-0.05, 0) is 30.7 Å². The second kappa shape index (κ2) is 14.8. The van der Waals surface area contributed by atoms with E-state index in [0.717, 1.165) is 17.6 Å². The van der Waals surface area contributed by atoms with Crippen molar-refractivity contribution in [1.29, 1.82) is 0 Å². The van der Waals surface area contributed by atoms with Gasteiger partial charge in [-0.25, -0.2) is 0 Å². The van der Waals surface area contributed by atoms with Crippen molar-refractivity contribution in [2.75, 3.05) is 66.1 Å². The third kappa shape index (κ3) is 10.9. The minimum atomic E-state index is 0.0280. The highest BCUT2D eigenvalue weighted by Gasteiger charge is 2.00. The molecule has 0 unspecified atom stereocenters. The predicted octanol–water partition coefficient (Wildman–Crippen LogP) is 1.25. The van der Waals surface area contributed by atoms with E-state index >= 15 is 0 Å². The summed E-state index contributed by atoms with van der Waals surface area (Å²) in [5.74, 6) is 0.725. The van der Waals surface area contributed by atoms with E-state index in [9.17, 15) is 4.79 Å². The summed E-state index contributed by atoms with van der Waals surface area (Å²) in [5.41, 5.74) is 1.56. The van der Waals surface area contributed by atoms with Crippen molar-refractivity contribution in [2.45, 2.75) is 6.92 Å². The van der Waals surface area contributed by atoms with Crippen molar-refractivity contribution in [3.8, 4) is 5.75 Å². The Balaban J connectivity index is 1.87. The van der Waals surface area contributed by atoms with Crippen LogP contribution in [0.5, 0.6) is 5.75 Å². The van der Waals surface area contributed by atoms with Gasteiger partial charge in [0.2, 0.25) is 0 Å². The zero-order valence-corrected chi connectivity index (χ0v) is 14.8. The average molecular weight is 356 g/mol. The summed E-state index contributed by atoms with van der Waals surface area (Å²) >= 11 is 0. The number of rotatable bonds is 16. The molecule has 1 aromatic carbocycles. The van der Waals surface area contributed by atoms with Crippen LogP contribution >= 0.6 is 0 Å². The number of aldehydes is 1. The molecule has 0 spiro atoms. The lowest BCUT2D eigenvalue weighted by atomic mass is 10.1. The SMILES string of the molecule is Cc1cc(OCCOCCOCCOCCOCCO)ccc1C=O. The summed E-state index contributed by atoms with van der Waals surface area (Å²) in [7, 11) is 0. The van der Waals surface area contributed by atoms with Gasteiger partial charge in [0.15, 0.2) is 0 Å². The molecule has 1 aromatic rings. The highest BCUT2D eigenvalue weighted by Crippen LogP contribution is 2.15. The van der Waals surface area contributed by atoms with Gasteiger partial charge in [-0.3, -0.25) is 4.79 Å². The van der Waals surface area contributed by atoms with Gasteiger partial charge in [0.25, 0.3) is 0 Å². The molecule has 0 aliphatic carbocycles. The van der Waals surface area contributed by atoms with Crippen LogP contribution in [0.25, 0.3) is 0 Å². The molecule has 0 heterocycles. The molecular weight excluding hydrogens is 328 g/mol. The first kappa shape index (κ1) is 21.5. The third-order valence-corrected chi connectivity index (χ3v) is 3.22. The summed E-state index contributed by atoms with van der Waals surface area (Å²) in [6, 6.07) is 5.35. The Hall–Kier alpha value is -1.51. The van der Waals surface area contributed by atoms with Crippen LogP contribution in [0.1, 0.15) is 15.9 Å². The average Bonchev–Trinajstić information content (AvgIpc) is 2.62. The summed E-state index contributed by atoms with van der Waals surface area (Å²) in [6.45, 7) is 6.10. The third-order valence-electron chi connectivity index (χ3n) is 3.22. The van der Waals surface area contributed by atoms with Gasteiger partial charge in [-0.15, -0.1) is 0 Å². The maximum atomic E-state index is 10.7. The number of aryl methyl sites for hydroxylation is 1. The van der Waals surface area contributed by atoms with Gasteiger partial charge in [0.1, 0.15) is 18.6 Å². The first-order valence-electron chi connectivity index (χ1n) is 8.38. The Morgan fingerprint density at radius 3 is 1.84 bits per heavy atom. The van der Waals surface area contributed by atoms with Gasteiger partial charge in [0, 0.05) is 5.56 Å². The van der Waals surface area contributed by atoms with Gasteiger partial charge < -0.3 is 28.8 Å². The highest BCUT2D eigenvalue weighted by atomic mass is 16.6. The van der Waals surface area contributed by atoms with E-state index in [2.05, 4.69) is 0 Å². The molecule has 25 heavy (non-hydrogen) atoms. The molecule has 0 aromatic heterocycles. The summed E-state index contributed by atoms with van der Waals surface area (Å²) in [5, 5.41) is 8.51. The van der Waals surface area contributed by atoms with Crippen LogP contribution in [0, 0.1) is 6.92 Å². The predicted molar refractivity (Wildman–Crippen MR) is 92.4 cm³/mol. The van der Waals surface area contributed by atoms with Crippen LogP contribution < -0.4 is 4.74 Å². The number of carbonyl (C=O) groups is 1. The molecule has 0 amide bonds. The molecular formula is C18H28O7. The van der Waals surface area contributed by atoms with Gasteiger partial charge in [-0.2, -0.15) is 0 Å². The van der Waals surface area contributed by atoms with Crippen molar-refractivity contribution in [1.82, 2.24) is 0 Å². The molecule has 142 valence electrons. The van der Waals surface area contributed by atoms with E-state index in [1.54, 1.807) is 12.1 Å². The normalized spacial score (nSPS) is 10.8. The van der Waals surface area contributed by atoms with Crippen LogP contribution in [-0.4, -0.2) is 77.5 Å². The molecule has 1 N–H and O–H groups in total. The van der Waals surface area contributed by atoms with Crippen LogP contribution in [0.4, 0.5) is 0 Å². The minimum absolute atomic E-state index is 0.0280. The number of hydrogen-bond acceptors (Lipinski definition) is 7. The summed E-state index contributed by atoms with van der Waals surface area (Å²) < 4.78 is 26.7. The van der Waals surface area contributed by atoms with Gasteiger partial charge in [0.05, 0.1) is 59.5 Å². The van der Waals surface area contributed by atoms with Crippen molar-refractivity contribution >= 4 is 6.29 Å². The maximum absolute atomic E-state index is 10.7. The quantitative estimate of drug-likeness (QED) is 0.352. The summed E-state index contributed by atoms with van der Waals surface area (Å²) in [6.07, 6.45) is 0.832. The first-order chi connectivity index (χ1) is 12.3. The monoisotopic (exact) mass is 356 g/mol. The smallest absolute Gasteiger partial charge is 0.150 e. The molecule has 7 nitrogen and oxygen atoms in total. The van der Waals surface area contributed by atoms with Crippen LogP contribution in [0.15, 0.2) is 18.2 Å². The Morgan fingerprint density at radius 2 is 1.36 bits per heavy atom. The van der Waals surface area contributed by atoms with E-state index in [1.807, 2.05) is 13.0 Å². The topological polar surface area (TPSA) is 83.5 Å². The minimum Gasteiger partial charge on any atom is -0.491 e. The van der Waals surface area contributed by atoms with Crippen LogP contribution in [0.3, 0.4) is 0 Å². The number of aliphatic hydroxyl groups excluding tert-OH is 1. The van der Waals surface area contributed by atoms with E-state index in [1.165, 1.54) is 0 Å². The Kier molecular flexibility index (Phi) is 12.7. The van der Waals surface area contributed by atoms with Crippen molar-refractivity contribution in [3.63, 3.8) is 0 Å². The molecule has 0 saturated heterocycles. The lowest BCUT2D eigenvalue weighted by Gasteiger charge is -2.09. The van der Waals surface area contributed by atoms with E-state index in [0.29, 0.717) is 65.0 Å². The van der Waals surface area contributed by atoms with Crippen LogP contribution in [-0.2, 0) is 18.9 Å². The molecule has 0 atom stereocenters. The Morgan fingerprint density at radius 1 is 0.840 bits per heavy atom. The zero-order chi connectivity index (χ0) is 18.2. The molecule has 0 aliphatic rings. The van der Waals surface area contributed by atoms with Crippen molar-refractivity contribution in [2.24, 2.45) is 0 Å². The molecule has 0 bridgehead atoms. The van der Waals surface area contributed by atoms with E-state index in [-0.39, 0.29) is 6.61 Å². The molecule has 0 saturated carbocycles. The van der Waals surface area contributed by atoms with E-state index < -0.39 is 0 Å². The number of carbonyl (C=O) groups excluding carboxylic acids is 1. The second-order valence-corrected chi connectivity index (χ2v) is 5.16. The Labute approximate surface area is 148 Å². The molecule has 7 heteroatoms. The lowest BCUT2D eigenvalue weighted by molar-refractivity contribution is -0.00779. The Bertz CT molecular complexity index is 465. The van der Waals surface area contributed by atoms with Crippen molar-refractivity contribution < 1.29 is 33.6 Å². The fraction of sp³-hybridized carbons (Fsp3) is 0.611. The number of aliphatic hydroxyl groups is 1. The largest absolute Gasteiger partial charge is 0.491 e. The molecule has 0 fully saturated rings. The fourth-order valence-electron chi connectivity index (χ4n) is 1.91. The number of hydrogen-bond donors (Lipinski definition) is 1. The highest BCUT2D eigenvalue weighted by molar-refractivity contribution is 5.77. The van der Waals surface area contributed by atoms with E-state index in [4.69, 9.17) is 28.8 Å². The first-order valence-corrected chi connectivity index (χ1v) is 8.38. The fourth-order valence-corrected chi connectivity index (χ4v) is 1.91. The molecule has 0 radical (unpaired) electrons. The molecule has 1 rings (SSSR count). The van der Waals surface area contributed by atoms with Crippen molar-refractivity contribution in [3.05, 3.63) is 29.3 Å². The lowest BCUT2D eigenvalue weighted by Crippen LogP contribution is -2.14. The van der Waals surface area contributed by atoms with Gasteiger partial charge >= 0.3 is 0 Å². The van der Waals surface area contributed by atoms with Gasteiger partial charge in [-0.1, -0.05) is 0 Å². The standard InChI is InChI=1S/C18H28O7/c1-16-14-18(3-2-17(16)15-20)25-13-12-24-11-10-23-9-8-22-7-6-21-5-4-19/h2-3,14-15,19H,4-13H2,1H3. The van der Waals surface area contributed by atoms with Crippen LogP contribution in [0.2, 0.25) is 0 Å². The second-order valence-electron chi connectivity index (χ2n) is 5.16. The number of benzene rings is 1. The number of ether oxygens (including phenoxy) is 5. The maximum Gasteiger partial charge on any atom is 0.150 e.